The van der Waals surface area contributed by atoms with Crippen molar-refractivity contribution in [3.63, 3.8) is 0 Å². The molecule has 1 aromatic heterocycles. The van der Waals surface area contributed by atoms with E-state index in [0.29, 0.717) is 31.8 Å². The predicted molar refractivity (Wildman–Crippen MR) is 124 cm³/mol. The molecule has 0 radical (unpaired) electrons. The molecule has 0 spiro atoms. The molecule has 2 aromatic carbocycles. The number of ether oxygens (including phenoxy) is 1. The highest BCUT2D eigenvalue weighted by Gasteiger charge is 2.33. The lowest BCUT2D eigenvalue weighted by Gasteiger charge is -2.21. The molecule has 2 amide bonds. The van der Waals surface area contributed by atoms with Crippen molar-refractivity contribution in [1.82, 2.24) is 15.4 Å². The van der Waals surface area contributed by atoms with Gasteiger partial charge in [0.2, 0.25) is 5.91 Å². The second-order valence-corrected chi connectivity index (χ2v) is 8.30. The maximum Gasteiger partial charge on any atom is 0.273 e. The van der Waals surface area contributed by atoms with Crippen molar-refractivity contribution in [3.05, 3.63) is 83.2 Å². The Hall–Kier alpha value is -3.61. The van der Waals surface area contributed by atoms with Crippen molar-refractivity contribution < 1.29 is 18.8 Å². The van der Waals surface area contributed by atoms with E-state index in [2.05, 4.69) is 22.6 Å². The Bertz CT molecular complexity index is 1060. The molecular formula is C26H29N3O4. The van der Waals surface area contributed by atoms with E-state index >= 15 is 0 Å². The minimum absolute atomic E-state index is 0.115. The second-order valence-electron chi connectivity index (χ2n) is 8.30. The monoisotopic (exact) mass is 447 g/mol. The smallest absolute Gasteiger partial charge is 0.273 e. The Morgan fingerprint density at radius 2 is 1.79 bits per heavy atom. The molecule has 1 aliphatic carbocycles. The molecule has 0 saturated heterocycles. The zero-order valence-corrected chi connectivity index (χ0v) is 18.8. The van der Waals surface area contributed by atoms with Gasteiger partial charge in [0.15, 0.2) is 11.5 Å². The molecule has 0 aliphatic heterocycles. The lowest BCUT2D eigenvalue weighted by molar-refractivity contribution is -0.133. The number of hydrogen-bond donors (Lipinski definition) is 1. The first-order valence-electron chi connectivity index (χ1n) is 11.3. The van der Waals surface area contributed by atoms with Crippen LogP contribution in [0, 0.1) is 5.92 Å². The van der Waals surface area contributed by atoms with Crippen molar-refractivity contribution in [2.45, 2.75) is 32.2 Å². The summed E-state index contributed by atoms with van der Waals surface area (Å²) < 4.78 is 10.5. The Morgan fingerprint density at radius 1 is 1.06 bits per heavy atom. The van der Waals surface area contributed by atoms with Crippen LogP contribution in [0.2, 0.25) is 0 Å². The van der Waals surface area contributed by atoms with Gasteiger partial charge in [0.05, 0.1) is 13.7 Å². The van der Waals surface area contributed by atoms with Crippen LogP contribution >= 0.6 is 0 Å². The molecule has 172 valence electrons. The van der Waals surface area contributed by atoms with Crippen LogP contribution in [0.25, 0.3) is 0 Å². The Kier molecular flexibility index (Phi) is 7.40. The highest BCUT2D eigenvalue weighted by atomic mass is 16.5. The van der Waals surface area contributed by atoms with E-state index in [4.69, 9.17) is 9.26 Å². The fourth-order valence-electron chi connectivity index (χ4n) is 3.65. The van der Waals surface area contributed by atoms with Crippen LogP contribution < -0.4 is 10.1 Å². The highest BCUT2D eigenvalue weighted by Crippen LogP contribution is 2.31. The van der Waals surface area contributed by atoms with Gasteiger partial charge in [-0.3, -0.25) is 9.59 Å². The molecule has 3 aromatic rings. The Balaban J connectivity index is 1.30. The third kappa shape index (κ3) is 6.44. The number of methoxy groups -OCH3 is 1. The zero-order valence-electron chi connectivity index (χ0n) is 18.8. The number of carbonyl (C=O) groups is 2. The lowest BCUT2D eigenvalue weighted by Crippen LogP contribution is -2.33. The minimum atomic E-state index is -0.289. The molecule has 4 rings (SSSR count). The van der Waals surface area contributed by atoms with Crippen LogP contribution in [0.4, 0.5) is 0 Å². The van der Waals surface area contributed by atoms with E-state index in [1.54, 1.807) is 13.2 Å². The molecule has 7 heteroatoms. The Labute approximate surface area is 193 Å². The predicted octanol–water partition coefficient (Wildman–Crippen LogP) is 3.64. The summed E-state index contributed by atoms with van der Waals surface area (Å²) in [6, 6.07) is 19.5. The number of benzene rings is 2. The van der Waals surface area contributed by atoms with E-state index < -0.39 is 0 Å². The first-order valence-corrected chi connectivity index (χ1v) is 11.3. The quantitative estimate of drug-likeness (QED) is 0.485. The van der Waals surface area contributed by atoms with Gasteiger partial charge in [-0.1, -0.05) is 47.6 Å². The summed E-state index contributed by atoms with van der Waals surface area (Å²) in [6.45, 7) is 1.40. The first-order chi connectivity index (χ1) is 16.1. The van der Waals surface area contributed by atoms with Crippen LogP contribution in [-0.4, -0.2) is 42.1 Å². The molecule has 1 heterocycles. The van der Waals surface area contributed by atoms with Gasteiger partial charge in [-0.15, -0.1) is 0 Å². The third-order valence-electron chi connectivity index (χ3n) is 5.75. The standard InChI is InChI=1S/C26H29N3O4/c1-32-22-11-7-20(8-12-22)13-15-27-25(30)24-17-23(33-28-24)18-29(26(31)21-9-10-21)16-14-19-5-3-2-4-6-19/h2-8,11-12,17,21H,9-10,13-16,18H2,1H3,(H,27,30). The van der Waals surface area contributed by atoms with Gasteiger partial charge in [-0.2, -0.15) is 0 Å². The number of hydrogen-bond acceptors (Lipinski definition) is 5. The van der Waals surface area contributed by atoms with Gasteiger partial charge in [0.1, 0.15) is 5.75 Å². The van der Waals surface area contributed by atoms with Crippen molar-refractivity contribution in [2.24, 2.45) is 5.92 Å². The van der Waals surface area contributed by atoms with Gasteiger partial charge in [-0.05, 0) is 48.9 Å². The molecule has 0 atom stereocenters. The molecule has 1 fully saturated rings. The van der Waals surface area contributed by atoms with Gasteiger partial charge in [0, 0.05) is 25.1 Å². The third-order valence-corrected chi connectivity index (χ3v) is 5.75. The van der Waals surface area contributed by atoms with Gasteiger partial charge >= 0.3 is 0 Å². The molecule has 7 nitrogen and oxygen atoms in total. The summed E-state index contributed by atoms with van der Waals surface area (Å²) >= 11 is 0. The lowest BCUT2D eigenvalue weighted by atomic mass is 10.1. The van der Waals surface area contributed by atoms with Crippen molar-refractivity contribution in [3.8, 4) is 5.75 Å². The molecule has 1 N–H and O–H groups in total. The van der Waals surface area contributed by atoms with Crippen molar-refractivity contribution >= 4 is 11.8 Å². The number of carbonyl (C=O) groups excluding carboxylic acids is 2. The van der Waals surface area contributed by atoms with Crippen LogP contribution in [0.5, 0.6) is 5.75 Å². The van der Waals surface area contributed by atoms with Crippen LogP contribution in [0.15, 0.2) is 65.2 Å². The van der Waals surface area contributed by atoms with Crippen molar-refractivity contribution in [1.29, 1.82) is 0 Å². The second kappa shape index (κ2) is 10.8. The fraction of sp³-hybridized carbons (Fsp3) is 0.346. The summed E-state index contributed by atoms with van der Waals surface area (Å²) in [5.74, 6) is 1.29. The zero-order chi connectivity index (χ0) is 23.0. The normalized spacial score (nSPS) is 12.9. The number of rotatable bonds is 11. The molecule has 0 unspecified atom stereocenters. The van der Waals surface area contributed by atoms with Crippen LogP contribution in [0.3, 0.4) is 0 Å². The summed E-state index contributed by atoms with van der Waals surface area (Å²) in [5.41, 5.74) is 2.51. The van der Waals surface area contributed by atoms with Crippen LogP contribution in [-0.2, 0) is 24.2 Å². The van der Waals surface area contributed by atoms with Crippen LogP contribution in [0.1, 0.15) is 40.2 Å². The SMILES string of the molecule is COc1ccc(CCNC(=O)c2cc(CN(CCc3ccccc3)C(=O)C3CC3)on2)cc1. The van der Waals surface area contributed by atoms with E-state index in [-0.39, 0.29) is 23.4 Å². The largest absolute Gasteiger partial charge is 0.497 e. The fourth-order valence-corrected chi connectivity index (χ4v) is 3.65. The average molecular weight is 448 g/mol. The number of nitrogens with zero attached hydrogens (tertiary/aromatic N) is 2. The highest BCUT2D eigenvalue weighted by molar-refractivity contribution is 5.92. The number of aromatic nitrogens is 1. The first kappa shape index (κ1) is 22.6. The summed E-state index contributed by atoms with van der Waals surface area (Å²) in [6.07, 6.45) is 3.35. The van der Waals surface area contributed by atoms with E-state index in [0.717, 1.165) is 30.6 Å². The molecule has 33 heavy (non-hydrogen) atoms. The molecular weight excluding hydrogens is 418 g/mol. The van der Waals surface area contributed by atoms with Gasteiger partial charge in [0.25, 0.3) is 5.91 Å². The molecule has 1 aliphatic rings. The van der Waals surface area contributed by atoms with E-state index in [1.807, 2.05) is 47.4 Å². The number of nitrogens with one attached hydrogen (secondary N) is 1. The van der Waals surface area contributed by atoms with E-state index in [1.165, 1.54) is 5.56 Å². The van der Waals surface area contributed by atoms with Crippen molar-refractivity contribution in [2.75, 3.05) is 20.2 Å². The Morgan fingerprint density at radius 3 is 2.48 bits per heavy atom. The maximum absolute atomic E-state index is 12.8. The maximum atomic E-state index is 12.8. The summed E-state index contributed by atoms with van der Waals surface area (Å²) in [7, 11) is 1.63. The molecule has 0 bridgehead atoms. The summed E-state index contributed by atoms with van der Waals surface area (Å²) in [4.78, 5) is 27.0. The average Bonchev–Trinajstić information content (AvgIpc) is 3.60. The summed E-state index contributed by atoms with van der Waals surface area (Å²) in [5, 5.41) is 6.78. The van der Waals surface area contributed by atoms with Gasteiger partial charge in [-0.25, -0.2) is 0 Å². The van der Waals surface area contributed by atoms with Gasteiger partial charge < -0.3 is 19.5 Å². The topological polar surface area (TPSA) is 84.7 Å². The molecule has 1 saturated carbocycles. The number of amides is 2. The van der Waals surface area contributed by atoms with E-state index in [9.17, 15) is 9.59 Å². The minimum Gasteiger partial charge on any atom is -0.497 e.